The van der Waals surface area contributed by atoms with Gasteiger partial charge in [0.2, 0.25) is 0 Å². The highest BCUT2D eigenvalue weighted by atomic mass is 35.5. The molecule has 1 aromatic carbocycles. The number of anilines is 1. The lowest BCUT2D eigenvalue weighted by Crippen LogP contribution is -2.28. The van der Waals surface area contributed by atoms with Gasteiger partial charge in [-0.3, -0.25) is 13.9 Å². The summed E-state index contributed by atoms with van der Waals surface area (Å²) in [4.78, 5) is 17.1. The summed E-state index contributed by atoms with van der Waals surface area (Å²) in [6, 6.07) is 2.80. The number of aromatic nitrogens is 2. The van der Waals surface area contributed by atoms with Crippen LogP contribution in [0.3, 0.4) is 0 Å². The van der Waals surface area contributed by atoms with Crippen LogP contribution in [0.1, 0.15) is 11.4 Å². The molecule has 11 heteroatoms. The van der Waals surface area contributed by atoms with E-state index in [4.69, 9.17) is 21.1 Å². The highest BCUT2D eigenvalue weighted by Gasteiger charge is 2.26. The molecule has 2 aromatic heterocycles. The van der Waals surface area contributed by atoms with Crippen molar-refractivity contribution in [3.05, 3.63) is 44.3 Å². The molecule has 0 fully saturated rings. The average Bonchev–Trinajstić information content (AvgIpc) is 2.95. The first kappa shape index (κ1) is 19.5. The van der Waals surface area contributed by atoms with Crippen molar-refractivity contribution in [1.82, 2.24) is 9.38 Å². The van der Waals surface area contributed by atoms with E-state index >= 15 is 0 Å². The summed E-state index contributed by atoms with van der Waals surface area (Å²) in [6.07, 6.45) is 0. The summed E-state index contributed by atoms with van der Waals surface area (Å²) in [7, 11) is -1.44. The Kier molecular flexibility index (Phi) is 5.06. The fourth-order valence-corrected chi connectivity index (χ4v) is 5.06. The molecule has 2 heterocycles. The number of sulfonamides is 1. The number of thiazole rings is 1. The fourth-order valence-electron chi connectivity index (χ4n) is 2.61. The predicted molar refractivity (Wildman–Crippen MR) is 104 cm³/mol. The van der Waals surface area contributed by atoms with Gasteiger partial charge in [0.05, 0.1) is 30.6 Å². The highest BCUT2D eigenvalue weighted by Crippen LogP contribution is 2.36. The Bertz CT molecular complexity index is 1200. The Morgan fingerprint density at radius 1 is 1.19 bits per heavy atom. The second-order valence-electron chi connectivity index (χ2n) is 5.62. The van der Waals surface area contributed by atoms with Gasteiger partial charge in [-0.1, -0.05) is 11.6 Å². The molecule has 0 spiro atoms. The van der Waals surface area contributed by atoms with Gasteiger partial charge < -0.3 is 9.47 Å². The maximum atomic E-state index is 13.0. The SMILES string of the molecule is COc1cc(OC)c(NS(=O)(=O)c2c(C)nc3scc(C)n3c2=O)cc1Cl. The van der Waals surface area contributed by atoms with Crippen molar-refractivity contribution in [2.75, 3.05) is 18.9 Å². The van der Waals surface area contributed by atoms with Gasteiger partial charge in [0.15, 0.2) is 9.86 Å². The molecule has 0 saturated heterocycles. The lowest BCUT2D eigenvalue weighted by atomic mass is 10.3. The molecule has 1 N–H and O–H groups in total. The van der Waals surface area contributed by atoms with Crippen LogP contribution in [0.15, 0.2) is 27.2 Å². The van der Waals surface area contributed by atoms with Crippen molar-refractivity contribution in [1.29, 1.82) is 0 Å². The molecule has 0 aliphatic heterocycles. The lowest BCUT2D eigenvalue weighted by Gasteiger charge is -2.14. The van der Waals surface area contributed by atoms with Crippen molar-refractivity contribution in [3.63, 3.8) is 0 Å². The first-order valence-corrected chi connectivity index (χ1v) is 10.4. The summed E-state index contributed by atoms with van der Waals surface area (Å²) in [5.74, 6) is 0.517. The largest absolute Gasteiger partial charge is 0.495 e. The molecule has 8 nitrogen and oxygen atoms in total. The zero-order valence-electron chi connectivity index (χ0n) is 14.9. The Morgan fingerprint density at radius 3 is 2.48 bits per heavy atom. The minimum absolute atomic E-state index is 0.0780. The number of benzene rings is 1. The Balaban J connectivity index is 2.17. The number of nitrogens with one attached hydrogen (secondary N) is 1. The lowest BCUT2D eigenvalue weighted by molar-refractivity contribution is 0.396. The molecule has 0 saturated carbocycles. The molecule has 0 aliphatic rings. The van der Waals surface area contributed by atoms with Crippen molar-refractivity contribution in [3.8, 4) is 11.5 Å². The first-order chi connectivity index (χ1) is 12.7. The minimum atomic E-state index is -4.25. The van der Waals surface area contributed by atoms with E-state index in [1.807, 2.05) is 0 Å². The molecule has 3 aromatic rings. The average molecular weight is 430 g/mol. The highest BCUT2D eigenvalue weighted by molar-refractivity contribution is 7.92. The van der Waals surface area contributed by atoms with Gasteiger partial charge in [0, 0.05) is 17.1 Å². The van der Waals surface area contributed by atoms with Crippen LogP contribution in [0.25, 0.3) is 4.96 Å². The molecule has 0 radical (unpaired) electrons. The van der Waals surface area contributed by atoms with Gasteiger partial charge in [-0.15, -0.1) is 11.3 Å². The number of hydrogen-bond donors (Lipinski definition) is 1. The second kappa shape index (κ2) is 7.02. The van der Waals surface area contributed by atoms with Crippen LogP contribution >= 0.6 is 22.9 Å². The number of rotatable bonds is 5. The van der Waals surface area contributed by atoms with Crippen molar-refractivity contribution < 1.29 is 17.9 Å². The van der Waals surface area contributed by atoms with Crippen LogP contribution in [-0.2, 0) is 10.0 Å². The van der Waals surface area contributed by atoms with Gasteiger partial charge in [0.1, 0.15) is 11.5 Å². The molecule has 0 amide bonds. The van der Waals surface area contributed by atoms with E-state index in [0.29, 0.717) is 16.4 Å². The summed E-state index contributed by atoms with van der Waals surface area (Å²) in [5, 5.41) is 1.92. The van der Waals surface area contributed by atoms with E-state index in [1.54, 1.807) is 12.3 Å². The van der Waals surface area contributed by atoms with Crippen molar-refractivity contribution in [2.24, 2.45) is 0 Å². The van der Waals surface area contributed by atoms with E-state index in [-0.39, 0.29) is 22.2 Å². The Morgan fingerprint density at radius 2 is 1.85 bits per heavy atom. The van der Waals surface area contributed by atoms with Crippen LogP contribution in [0.4, 0.5) is 5.69 Å². The van der Waals surface area contributed by atoms with E-state index in [2.05, 4.69) is 9.71 Å². The number of ether oxygens (including phenoxy) is 2. The van der Waals surface area contributed by atoms with Gasteiger partial charge in [-0.25, -0.2) is 13.4 Å². The molecule has 0 unspecified atom stereocenters. The molecule has 27 heavy (non-hydrogen) atoms. The van der Waals surface area contributed by atoms with E-state index < -0.39 is 20.5 Å². The Labute approximate surface area is 164 Å². The van der Waals surface area contributed by atoms with Crippen molar-refractivity contribution in [2.45, 2.75) is 18.7 Å². The van der Waals surface area contributed by atoms with Crippen LogP contribution in [0.2, 0.25) is 5.02 Å². The first-order valence-electron chi connectivity index (χ1n) is 7.61. The zero-order chi connectivity index (χ0) is 19.9. The Hall–Kier alpha value is -2.30. The molecule has 0 aliphatic carbocycles. The van der Waals surface area contributed by atoms with Gasteiger partial charge >= 0.3 is 0 Å². The quantitative estimate of drug-likeness (QED) is 0.669. The smallest absolute Gasteiger partial charge is 0.279 e. The monoisotopic (exact) mass is 429 g/mol. The topological polar surface area (TPSA) is 99.0 Å². The maximum absolute atomic E-state index is 13.0. The standard InChI is InChI=1S/C16H16ClN3O5S2/c1-8-7-26-16-18-9(2)14(15(21)20(8)16)27(22,23)19-11-5-10(17)12(24-3)6-13(11)25-4/h5-7,19H,1-4H3. The van der Waals surface area contributed by atoms with Gasteiger partial charge in [-0.05, 0) is 19.9 Å². The second-order valence-corrected chi connectivity index (χ2v) is 8.48. The predicted octanol–water partition coefficient (Wildman–Crippen LogP) is 2.84. The molecule has 3 rings (SSSR count). The van der Waals surface area contributed by atoms with Crippen molar-refractivity contribution >= 4 is 43.6 Å². The number of fused-ring (bicyclic) bond motifs is 1. The molecule has 144 valence electrons. The summed E-state index contributed by atoms with van der Waals surface area (Å²) in [5.41, 5.74) is 0.124. The van der Waals surface area contributed by atoms with E-state index in [0.717, 1.165) is 0 Å². The number of halogens is 1. The molecule has 0 bridgehead atoms. The molecular formula is C16H16ClN3O5S2. The normalized spacial score (nSPS) is 11.6. The van der Waals surface area contributed by atoms with Crippen LogP contribution in [0, 0.1) is 13.8 Å². The number of nitrogens with zero attached hydrogens (tertiary/aromatic N) is 2. The molecule has 0 atom stereocenters. The number of methoxy groups -OCH3 is 2. The van der Waals surface area contributed by atoms with E-state index in [1.165, 1.54) is 49.0 Å². The summed E-state index contributed by atoms with van der Waals surface area (Å²) in [6.45, 7) is 3.18. The minimum Gasteiger partial charge on any atom is -0.495 e. The van der Waals surface area contributed by atoms with Crippen LogP contribution in [-0.4, -0.2) is 32.0 Å². The third kappa shape index (κ3) is 3.35. The van der Waals surface area contributed by atoms with Crippen LogP contribution < -0.4 is 19.8 Å². The maximum Gasteiger partial charge on any atom is 0.279 e. The third-order valence-corrected chi connectivity index (χ3v) is 6.59. The summed E-state index contributed by atoms with van der Waals surface area (Å²) >= 11 is 7.35. The summed E-state index contributed by atoms with van der Waals surface area (Å²) < 4.78 is 39.9. The van der Waals surface area contributed by atoms with E-state index in [9.17, 15) is 13.2 Å². The van der Waals surface area contributed by atoms with Crippen LogP contribution in [0.5, 0.6) is 11.5 Å². The third-order valence-electron chi connectivity index (χ3n) is 3.86. The molecular weight excluding hydrogens is 414 g/mol. The number of hydrogen-bond acceptors (Lipinski definition) is 7. The number of aryl methyl sites for hydroxylation is 2. The van der Waals surface area contributed by atoms with Gasteiger partial charge in [-0.2, -0.15) is 0 Å². The zero-order valence-corrected chi connectivity index (χ0v) is 17.3. The van der Waals surface area contributed by atoms with Gasteiger partial charge in [0.25, 0.3) is 15.6 Å². The fraction of sp³-hybridized carbons (Fsp3) is 0.250.